The molecule has 0 saturated carbocycles. The monoisotopic (exact) mass is 284 g/mol. The number of rotatable bonds is 7. The number of nitrogens with zero attached hydrogens (tertiary/aromatic N) is 1. The van der Waals surface area contributed by atoms with Crippen molar-refractivity contribution in [3.05, 3.63) is 59.4 Å². The molecule has 2 rings (SSSR count). The molecule has 1 N–H and O–H groups in total. The van der Waals surface area contributed by atoms with E-state index in [4.69, 9.17) is 4.74 Å². The third-order valence-electron chi connectivity index (χ3n) is 3.45. The van der Waals surface area contributed by atoms with Gasteiger partial charge in [0.2, 0.25) is 0 Å². The molecular weight excluding hydrogens is 260 g/mol. The van der Waals surface area contributed by atoms with Crippen LogP contribution in [0.2, 0.25) is 0 Å². The van der Waals surface area contributed by atoms with Gasteiger partial charge in [-0.1, -0.05) is 31.2 Å². The molecule has 1 aromatic carbocycles. The Labute approximate surface area is 127 Å². The maximum absolute atomic E-state index is 5.79. The van der Waals surface area contributed by atoms with Crippen molar-refractivity contribution < 1.29 is 4.74 Å². The normalized spacial score (nSPS) is 12.1. The SMILES string of the molecule is CCCNC(c1ccccc1OCC)c1ncccc1C. The van der Waals surface area contributed by atoms with E-state index in [9.17, 15) is 0 Å². The van der Waals surface area contributed by atoms with Crippen molar-refractivity contribution in [3.63, 3.8) is 0 Å². The van der Waals surface area contributed by atoms with Crippen LogP contribution in [0, 0.1) is 6.92 Å². The zero-order valence-corrected chi connectivity index (χ0v) is 13.1. The van der Waals surface area contributed by atoms with Crippen molar-refractivity contribution in [1.29, 1.82) is 0 Å². The summed E-state index contributed by atoms with van der Waals surface area (Å²) in [5, 5.41) is 3.60. The lowest BCUT2D eigenvalue weighted by Gasteiger charge is -2.22. The minimum Gasteiger partial charge on any atom is -0.494 e. The minimum atomic E-state index is 0.0638. The number of aromatic nitrogens is 1. The summed E-state index contributed by atoms with van der Waals surface area (Å²) in [7, 11) is 0. The van der Waals surface area contributed by atoms with Crippen LogP contribution in [0.5, 0.6) is 5.75 Å². The standard InChI is InChI=1S/C18H24N2O/c1-4-12-19-18(17-14(3)9-8-13-20-17)15-10-6-7-11-16(15)21-5-2/h6-11,13,18-19H,4-5,12H2,1-3H3. The molecule has 2 aromatic rings. The molecule has 3 heteroatoms. The molecule has 0 amide bonds. The van der Waals surface area contributed by atoms with Crippen LogP contribution in [0.3, 0.4) is 0 Å². The molecule has 0 radical (unpaired) electrons. The summed E-state index contributed by atoms with van der Waals surface area (Å²) in [6.45, 7) is 7.90. The van der Waals surface area contributed by atoms with Crippen LogP contribution in [-0.4, -0.2) is 18.1 Å². The molecule has 0 spiro atoms. The van der Waals surface area contributed by atoms with Crippen molar-refractivity contribution in [3.8, 4) is 5.75 Å². The van der Waals surface area contributed by atoms with E-state index in [1.807, 2.05) is 31.3 Å². The second-order valence-electron chi connectivity index (χ2n) is 5.06. The quantitative estimate of drug-likeness (QED) is 0.838. The summed E-state index contributed by atoms with van der Waals surface area (Å²) in [6, 6.07) is 12.3. The van der Waals surface area contributed by atoms with Gasteiger partial charge in [-0.25, -0.2) is 0 Å². The Hall–Kier alpha value is -1.87. The van der Waals surface area contributed by atoms with Crippen molar-refractivity contribution >= 4 is 0 Å². The minimum absolute atomic E-state index is 0.0638. The number of hydrogen-bond acceptors (Lipinski definition) is 3. The number of nitrogens with one attached hydrogen (secondary N) is 1. The second kappa shape index (κ2) is 7.79. The Morgan fingerprint density at radius 1 is 1.14 bits per heavy atom. The Balaban J connectivity index is 2.43. The first-order chi connectivity index (χ1) is 10.3. The average Bonchev–Trinajstić information content (AvgIpc) is 2.51. The lowest BCUT2D eigenvalue weighted by atomic mass is 9.98. The summed E-state index contributed by atoms with van der Waals surface area (Å²) in [5.41, 5.74) is 3.41. The highest BCUT2D eigenvalue weighted by atomic mass is 16.5. The maximum Gasteiger partial charge on any atom is 0.124 e. The molecular formula is C18H24N2O. The van der Waals surface area contributed by atoms with Gasteiger partial charge in [-0.15, -0.1) is 0 Å². The Bertz CT molecular complexity index is 569. The molecule has 112 valence electrons. The van der Waals surface area contributed by atoms with Gasteiger partial charge in [0.25, 0.3) is 0 Å². The van der Waals surface area contributed by atoms with E-state index in [2.05, 4.69) is 42.3 Å². The lowest BCUT2D eigenvalue weighted by Crippen LogP contribution is -2.25. The van der Waals surface area contributed by atoms with Gasteiger partial charge >= 0.3 is 0 Å². The van der Waals surface area contributed by atoms with Crippen molar-refractivity contribution in [2.24, 2.45) is 0 Å². The first-order valence-corrected chi connectivity index (χ1v) is 7.64. The van der Waals surface area contributed by atoms with E-state index >= 15 is 0 Å². The first-order valence-electron chi connectivity index (χ1n) is 7.64. The fourth-order valence-electron chi connectivity index (χ4n) is 2.45. The van der Waals surface area contributed by atoms with E-state index < -0.39 is 0 Å². The average molecular weight is 284 g/mol. The molecule has 3 nitrogen and oxygen atoms in total. The number of aryl methyl sites for hydroxylation is 1. The number of pyridine rings is 1. The molecule has 0 fully saturated rings. The zero-order chi connectivity index (χ0) is 15.1. The summed E-state index contributed by atoms with van der Waals surface area (Å²) < 4.78 is 5.79. The van der Waals surface area contributed by atoms with Crippen LogP contribution in [0.25, 0.3) is 0 Å². The molecule has 1 aromatic heterocycles. The predicted octanol–water partition coefficient (Wildman–Crippen LogP) is 3.88. The Kier molecular flexibility index (Phi) is 5.76. The highest BCUT2D eigenvalue weighted by Gasteiger charge is 2.20. The Morgan fingerprint density at radius 2 is 1.95 bits per heavy atom. The number of benzene rings is 1. The van der Waals surface area contributed by atoms with E-state index in [-0.39, 0.29) is 6.04 Å². The predicted molar refractivity (Wildman–Crippen MR) is 86.7 cm³/mol. The molecule has 0 aliphatic carbocycles. The van der Waals surface area contributed by atoms with Gasteiger partial charge in [-0.05, 0) is 44.5 Å². The zero-order valence-electron chi connectivity index (χ0n) is 13.1. The van der Waals surface area contributed by atoms with Crippen LogP contribution < -0.4 is 10.1 Å². The smallest absolute Gasteiger partial charge is 0.124 e. The van der Waals surface area contributed by atoms with Gasteiger partial charge in [0.05, 0.1) is 18.3 Å². The third-order valence-corrected chi connectivity index (χ3v) is 3.45. The highest BCUT2D eigenvalue weighted by Crippen LogP contribution is 2.30. The lowest BCUT2D eigenvalue weighted by molar-refractivity contribution is 0.333. The second-order valence-corrected chi connectivity index (χ2v) is 5.06. The van der Waals surface area contributed by atoms with Crippen LogP contribution in [0.1, 0.15) is 43.1 Å². The summed E-state index contributed by atoms with van der Waals surface area (Å²) in [6.07, 6.45) is 2.94. The molecule has 1 heterocycles. The molecule has 0 aliphatic heterocycles. The van der Waals surface area contributed by atoms with E-state index in [0.717, 1.165) is 30.0 Å². The molecule has 1 atom stereocenters. The first kappa shape index (κ1) is 15.5. The van der Waals surface area contributed by atoms with Gasteiger partial charge in [0, 0.05) is 11.8 Å². The van der Waals surface area contributed by atoms with E-state index in [1.54, 1.807) is 0 Å². The van der Waals surface area contributed by atoms with Gasteiger partial charge in [-0.2, -0.15) is 0 Å². The molecule has 21 heavy (non-hydrogen) atoms. The number of ether oxygens (including phenoxy) is 1. The number of hydrogen-bond donors (Lipinski definition) is 1. The summed E-state index contributed by atoms with van der Waals surface area (Å²) in [4.78, 5) is 4.59. The fraction of sp³-hybridized carbons (Fsp3) is 0.389. The molecule has 0 aliphatic rings. The summed E-state index contributed by atoms with van der Waals surface area (Å²) in [5.74, 6) is 0.929. The van der Waals surface area contributed by atoms with Gasteiger partial charge < -0.3 is 10.1 Å². The van der Waals surface area contributed by atoms with Crippen LogP contribution in [-0.2, 0) is 0 Å². The molecule has 0 bridgehead atoms. The van der Waals surface area contributed by atoms with Crippen LogP contribution in [0.15, 0.2) is 42.6 Å². The van der Waals surface area contributed by atoms with E-state index in [0.29, 0.717) is 6.61 Å². The van der Waals surface area contributed by atoms with E-state index in [1.165, 1.54) is 5.56 Å². The van der Waals surface area contributed by atoms with Gasteiger partial charge in [0.1, 0.15) is 5.75 Å². The fourth-order valence-corrected chi connectivity index (χ4v) is 2.45. The van der Waals surface area contributed by atoms with Crippen molar-refractivity contribution in [2.45, 2.75) is 33.2 Å². The largest absolute Gasteiger partial charge is 0.494 e. The maximum atomic E-state index is 5.79. The Morgan fingerprint density at radius 3 is 2.67 bits per heavy atom. The molecule has 1 unspecified atom stereocenters. The topological polar surface area (TPSA) is 34.1 Å². The number of para-hydroxylation sites is 1. The summed E-state index contributed by atoms with van der Waals surface area (Å²) >= 11 is 0. The van der Waals surface area contributed by atoms with Crippen LogP contribution >= 0.6 is 0 Å². The molecule has 0 saturated heterocycles. The third kappa shape index (κ3) is 3.82. The van der Waals surface area contributed by atoms with Gasteiger partial charge in [-0.3, -0.25) is 4.98 Å². The van der Waals surface area contributed by atoms with Crippen molar-refractivity contribution in [2.75, 3.05) is 13.2 Å². The van der Waals surface area contributed by atoms with Crippen LogP contribution in [0.4, 0.5) is 0 Å². The van der Waals surface area contributed by atoms with Gasteiger partial charge in [0.15, 0.2) is 0 Å². The highest BCUT2D eigenvalue weighted by molar-refractivity contribution is 5.41. The van der Waals surface area contributed by atoms with Crippen molar-refractivity contribution in [1.82, 2.24) is 10.3 Å².